The molecule has 0 saturated carbocycles. The number of amides is 2. The van der Waals surface area contributed by atoms with Crippen LogP contribution >= 0.6 is 15.9 Å². The minimum atomic E-state index is -0.573. The summed E-state index contributed by atoms with van der Waals surface area (Å²) in [5.41, 5.74) is 4.98. The van der Waals surface area contributed by atoms with E-state index < -0.39 is 16.7 Å². The van der Waals surface area contributed by atoms with Gasteiger partial charge in [0.05, 0.1) is 10.5 Å². The number of nitro groups is 1. The number of nitrogens with one attached hydrogen (secondary N) is 1. The van der Waals surface area contributed by atoms with Crippen LogP contribution in [0.5, 0.6) is 0 Å². The van der Waals surface area contributed by atoms with Crippen molar-refractivity contribution in [2.45, 2.75) is 12.8 Å². The summed E-state index contributed by atoms with van der Waals surface area (Å²) in [4.78, 5) is 32.4. The number of rotatable bonds is 6. The summed E-state index contributed by atoms with van der Waals surface area (Å²) in [5.74, 6) is -0.883. The van der Waals surface area contributed by atoms with Crippen LogP contribution in [0.4, 0.5) is 5.69 Å². The fourth-order valence-electron chi connectivity index (χ4n) is 1.36. The number of carbonyl (C=O) groups is 2. The SMILES string of the molecule is NC(=O)CCCNC(=O)c1cc([N+](=O)[O-])ccc1Br. The first-order valence-electron chi connectivity index (χ1n) is 5.42. The largest absolute Gasteiger partial charge is 0.370 e. The van der Waals surface area contributed by atoms with E-state index in [0.717, 1.165) is 0 Å². The highest BCUT2D eigenvalue weighted by Crippen LogP contribution is 2.22. The van der Waals surface area contributed by atoms with Gasteiger partial charge < -0.3 is 11.1 Å². The van der Waals surface area contributed by atoms with E-state index in [1.807, 2.05) is 0 Å². The lowest BCUT2D eigenvalue weighted by Gasteiger charge is -2.06. The third kappa shape index (κ3) is 4.66. The number of hydrogen-bond donors (Lipinski definition) is 2. The molecule has 0 fully saturated rings. The van der Waals surface area contributed by atoms with Gasteiger partial charge in [0.25, 0.3) is 11.6 Å². The van der Waals surface area contributed by atoms with E-state index in [0.29, 0.717) is 10.9 Å². The first-order chi connectivity index (χ1) is 8.91. The van der Waals surface area contributed by atoms with Crippen molar-refractivity contribution in [3.05, 3.63) is 38.3 Å². The minimum absolute atomic E-state index is 0.162. The van der Waals surface area contributed by atoms with Gasteiger partial charge in [0.2, 0.25) is 5.91 Å². The first kappa shape index (κ1) is 15.1. The Hall–Kier alpha value is -1.96. The van der Waals surface area contributed by atoms with Crippen molar-refractivity contribution in [1.29, 1.82) is 0 Å². The number of halogens is 1. The van der Waals surface area contributed by atoms with Crippen molar-refractivity contribution >= 4 is 33.4 Å². The van der Waals surface area contributed by atoms with Gasteiger partial charge in [-0.15, -0.1) is 0 Å². The molecule has 3 N–H and O–H groups in total. The topological polar surface area (TPSA) is 115 Å². The molecule has 0 aliphatic carbocycles. The molecule has 102 valence electrons. The zero-order chi connectivity index (χ0) is 14.4. The maximum absolute atomic E-state index is 11.8. The van der Waals surface area contributed by atoms with Crippen LogP contribution in [0.15, 0.2) is 22.7 Å². The van der Waals surface area contributed by atoms with Crippen LogP contribution in [0.3, 0.4) is 0 Å². The van der Waals surface area contributed by atoms with Gasteiger partial charge in [0, 0.05) is 29.6 Å². The molecule has 0 unspecified atom stereocenters. The second kappa shape index (κ2) is 6.83. The van der Waals surface area contributed by atoms with Gasteiger partial charge in [0.1, 0.15) is 0 Å². The van der Waals surface area contributed by atoms with E-state index in [9.17, 15) is 19.7 Å². The molecule has 0 saturated heterocycles. The molecule has 0 aliphatic heterocycles. The lowest BCUT2D eigenvalue weighted by Crippen LogP contribution is -2.26. The summed E-state index contributed by atoms with van der Waals surface area (Å²) in [6.45, 7) is 0.275. The normalized spacial score (nSPS) is 9.95. The molecule has 0 spiro atoms. The van der Waals surface area contributed by atoms with Gasteiger partial charge in [-0.2, -0.15) is 0 Å². The number of benzene rings is 1. The van der Waals surface area contributed by atoms with E-state index in [1.165, 1.54) is 18.2 Å². The highest BCUT2D eigenvalue weighted by molar-refractivity contribution is 9.10. The smallest absolute Gasteiger partial charge is 0.270 e. The number of carbonyl (C=O) groups excluding carboxylic acids is 2. The molecule has 0 aliphatic rings. The zero-order valence-electron chi connectivity index (χ0n) is 9.89. The highest BCUT2D eigenvalue weighted by atomic mass is 79.9. The van der Waals surface area contributed by atoms with Gasteiger partial charge >= 0.3 is 0 Å². The van der Waals surface area contributed by atoms with Gasteiger partial charge in [-0.05, 0) is 28.4 Å². The van der Waals surface area contributed by atoms with E-state index in [2.05, 4.69) is 21.2 Å². The predicted octanol–water partition coefficient (Wildman–Crippen LogP) is 1.35. The van der Waals surface area contributed by atoms with Crippen LogP contribution in [0.1, 0.15) is 23.2 Å². The first-order valence-corrected chi connectivity index (χ1v) is 6.21. The number of hydrogen-bond acceptors (Lipinski definition) is 4. The lowest BCUT2D eigenvalue weighted by atomic mass is 10.2. The number of nitrogens with zero attached hydrogens (tertiary/aromatic N) is 1. The summed E-state index contributed by atoms with van der Waals surface area (Å²) in [6, 6.07) is 3.93. The van der Waals surface area contributed by atoms with Crippen molar-refractivity contribution in [2.75, 3.05) is 6.54 Å². The molecule has 19 heavy (non-hydrogen) atoms. The molecule has 0 atom stereocenters. The highest BCUT2D eigenvalue weighted by Gasteiger charge is 2.15. The Balaban J connectivity index is 2.68. The van der Waals surface area contributed by atoms with Gasteiger partial charge in [-0.25, -0.2) is 0 Å². The maximum Gasteiger partial charge on any atom is 0.270 e. The van der Waals surface area contributed by atoms with Crippen LogP contribution in [-0.4, -0.2) is 23.3 Å². The average Bonchev–Trinajstić information content (AvgIpc) is 2.34. The van der Waals surface area contributed by atoms with Gasteiger partial charge in [-0.3, -0.25) is 19.7 Å². The third-order valence-electron chi connectivity index (χ3n) is 2.29. The van der Waals surface area contributed by atoms with E-state index in [-0.39, 0.29) is 24.2 Å². The van der Waals surface area contributed by atoms with Crippen LogP contribution < -0.4 is 11.1 Å². The van der Waals surface area contributed by atoms with Crippen molar-refractivity contribution in [2.24, 2.45) is 5.73 Å². The fraction of sp³-hybridized carbons (Fsp3) is 0.273. The molecule has 1 aromatic carbocycles. The molecule has 2 amide bonds. The van der Waals surface area contributed by atoms with Crippen LogP contribution in [0.25, 0.3) is 0 Å². The van der Waals surface area contributed by atoms with Crippen LogP contribution in [-0.2, 0) is 4.79 Å². The van der Waals surface area contributed by atoms with E-state index in [1.54, 1.807) is 0 Å². The molecule has 1 rings (SSSR count). The van der Waals surface area contributed by atoms with Crippen molar-refractivity contribution in [1.82, 2.24) is 5.32 Å². The molecule has 0 aromatic heterocycles. The van der Waals surface area contributed by atoms with Gasteiger partial charge in [-0.1, -0.05) is 0 Å². The summed E-state index contributed by atoms with van der Waals surface area (Å²) in [7, 11) is 0. The Morgan fingerprint density at radius 2 is 2.11 bits per heavy atom. The number of nitro benzene ring substituents is 1. The van der Waals surface area contributed by atoms with Gasteiger partial charge in [0.15, 0.2) is 0 Å². The standard InChI is InChI=1S/C11H12BrN3O4/c12-9-4-3-7(15(18)19)6-8(9)11(17)14-5-1-2-10(13)16/h3-4,6H,1-2,5H2,(H2,13,16)(H,14,17). The summed E-state index contributed by atoms with van der Waals surface area (Å²) >= 11 is 3.15. The molecule has 1 aromatic rings. The predicted molar refractivity (Wildman–Crippen MR) is 71.6 cm³/mol. The summed E-state index contributed by atoms with van der Waals surface area (Å²) in [6.07, 6.45) is 0.601. The quantitative estimate of drug-likeness (QED) is 0.465. The van der Waals surface area contributed by atoms with Crippen molar-refractivity contribution in [3.63, 3.8) is 0 Å². The second-order valence-electron chi connectivity index (χ2n) is 3.75. The summed E-state index contributed by atoms with van der Waals surface area (Å²) < 4.78 is 0.463. The lowest BCUT2D eigenvalue weighted by molar-refractivity contribution is -0.384. The Morgan fingerprint density at radius 3 is 2.68 bits per heavy atom. The molecular formula is C11H12BrN3O4. The Kier molecular flexibility index (Phi) is 5.43. The Labute approximate surface area is 117 Å². The minimum Gasteiger partial charge on any atom is -0.370 e. The molecular weight excluding hydrogens is 318 g/mol. The molecule has 0 bridgehead atoms. The monoisotopic (exact) mass is 329 g/mol. The zero-order valence-corrected chi connectivity index (χ0v) is 11.5. The fourth-order valence-corrected chi connectivity index (χ4v) is 1.79. The Morgan fingerprint density at radius 1 is 1.42 bits per heavy atom. The van der Waals surface area contributed by atoms with E-state index >= 15 is 0 Å². The average molecular weight is 330 g/mol. The Bertz CT molecular complexity index is 519. The maximum atomic E-state index is 11.8. The molecule has 8 heteroatoms. The molecule has 0 radical (unpaired) electrons. The number of nitrogens with two attached hydrogens (primary N) is 1. The molecule has 0 heterocycles. The number of primary amides is 1. The van der Waals surface area contributed by atoms with Crippen LogP contribution in [0, 0.1) is 10.1 Å². The van der Waals surface area contributed by atoms with Crippen molar-refractivity contribution < 1.29 is 14.5 Å². The van der Waals surface area contributed by atoms with Crippen LogP contribution in [0.2, 0.25) is 0 Å². The second-order valence-corrected chi connectivity index (χ2v) is 4.60. The van der Waals surface area contributed by atoms with E-state index in [4.69, 9.17) is 5.73 Å². The summed E-state index contributed by atoms with van der Waals surface area (Å²) in [5, 5.41) is 13.2. The molecule has 7 nitrogen and oxygen atoms in total. The third-order valence-corrected chi connectivity index (χ3v) is 2.98. The number of non-ortho nitro benzene ring substituents is 1. The van der Waals surface area contributed by atoms with Crippen molar-refractivity contribution in [3.8, 4) is 0 Å².